The number of amides is 1. The summed E-state index contributed by atoms with van der Waals surface area (Å²) in [6.07, 6.45) is 0.520. The van der Waals surface area contributed by atoms with Crippen LogP contribution in [0.25, 0.3) is 0 Å². The second kappa shape index (κ2) is 5.17. The highest BCUT2D eigenvalue weighted by Gasteiger charge is 2.20. The van der Waals surface area contributed by atoms with Gasteiger partial charge in [-0.3, -0.25) is 4.79 Å². The molecular weight excluding hydrogens is 254 g/mol. The minimum Gasteiger partial charge on any atom is -0.361 e. The third-order valence-electron chi connectivity index (χ3n) is 2.67. The van der Waals surface area contributed by atoms with Crippen molar-refractivity contribution in [3.8, 4) is 0 Å². The molecule has 0 unspecified atom stereocenters. The number of nitrogens with one attached hydrogen (secondary N) is 1. The van der Waals surface area contributed by atoms with E-state index in [1.54, 1.807) is 6.92 Å². The van der Waals surface area contributed by atoms with Gasteiger partial charge < -0.3 is 9.84 Å². The van der Waals surface area contributed by atoms with Crippen LogP contribution in [0.5, 0.6) is 0 Å². The summed E-state index contributed by atoms with van der Waals surface area (Å²) < 4.78 is 31.1. The minimum atomic E-state index is -0.833. The van der Waals surface area contributed by atoms with E-state index in [0.717, 1.165) is 12.1 Å². The molecule has 6 heteroatoms. The number of hydrogen-bond donors (Lipinski definition) is 1. The molecule has 0 radical (unpaired) electrons. The Hall–Kier alpha value is -2.24. The Morgan fingerprint density at radius 2 is 2.16 bits per heavy atom. The van der Waals surface area contributed by atoms with Crippen molar-refractivity contribution in [1.29, 1.82) is 0 Å². The van der Waals surface area contributed by atoms with Crippen molar-refractivity contribution in [2.75, 3.05) is 5.32 Å². The summed E-state index contributed by atoms with van der Waals surface area (Å²) in [4.78, 5) is 12.0. The van der Waals surface area contributed by atoms with Crippen LogP contribution in [0.1, 0.15) is 28.7 Å². The zero-order chi connectivity index (χ0) is 14.0. The molecule has 4 nitrogen and oxygen atoms in total. The first-order chi connectivity index (χ1) is 9.02. The van der Waals surface area contributed by atoms with E-state index >= 15 is 0 Å². The molecule has 0 saturated carbocycles. The van der Waals surface area contributed by atoms with E-state index in [4.69, 9.17) is 4.52 Å². The molecule has 0 aliphatic carbocycles. The smallest absolute Gasteiger partial charge is 0.261 e. The van der Waals surface area contributed by atoms with E-state index < -0.39 is 17.5 Å². The van der Waals surface area contributed by atoms with Crippen LogP contribution in [0.15, 0.2) is 22.7 Å². The van der Waals surface area contributed by atoms with Crippen LogP contribution in [0.4, 0.5) is 14.5 Å². The predicted molar refractivity (Wildman–Crippen MR) is 64.9 cm³/mol. The highest BCUT2D eigenvalue weighted by Crippen LogP contribution is 2.19. The van der Waals surface area contributed by atoms with E-state index in [0.29, 0.717) is 23.9 Å². The van der Waals surface area contributed by atoms with Gasteiger partial charge in [-0.05, 0) is 25.5 Å². The minimum absolute atomic E-state index is 0.0888. The summed E-state index contributed by atoms with van der Waals surface area (Å²) >= 11 is 0. The van der Waals surface area contributed by atoms with Crippen LogP contribution in [0, 0.1) is 18.6 Å². The lowest BCUT2D eigenvalue weighted by molar-refractivity contribution is 0.102. The number of carbonyl (C=O) groups excluding carboxylic acids is 1. The van der Waals surface area contributed by atoms with Gasteiger partial charge in [-0.15, -0.1) is 0 Å². The SMILES string of the molecule is CCc1noc(C)c1C(=O)Nc1ccc(F)cc1F. The largest absolute Gasteiger partial charge is 0.361 e. The number of anilines is 1. The molecule has 19 heavy (non-hydrogen) atoms. The van der Waals surface area contributed by atoms with Crippen molar-refractivity contribution in [1.82, 2.24) is 5.16 Å². The first kappa shape index (κ1) is 13.2. The highest BCUT2D eigenvalue weighted by atomic mass is 19.1. The van der Waals surface area contributed by atoms with Crippen LogP contribution in [-0.2, 0) is 6.42 Å². The molecule has 2 rings (SSSR count). The van der Waals surface area contributed by atoms with E-state index in [2.05, 4.69) is 10.5 Å². The third-order valence-corrected chi connectivity index (χ3v) is 2.67. The maximum atomic E-state index is 13.4. The average molecular weight is 266 g/mol. The summed E-state index contributed by atoms with van der Waals surface area (Å²) in [6, 6.07) is 2.94. The van der Waals surface area contributed by atoms with Gasteiger partial charge in [0.1, 0.15) is 23.0 Å². The molecular formula is C13H12F2N2O2. The van der Waals surface area contributed by atoms with Crippen molar-refractivity contribution in [2.45, 2.75) is 20.3 Å². The van der Waals surface area contributed by atoms with E-state index in [1.165, 1.54) is 0 Å². The molecule has 1 heterocycles. The fourth-order valence-electron chi connectivity index (χ4n) is 1.73. The molecule has 2 aromatic rings. The molecule has 0 bridgehead atoms. The Balaban J connectivity index is 2.28. The molecule has 0 aliphatic rings. The average Bonchev–Trinajstić information content (AvgIpc) is 2.74. The predicted octanol–water partition coefficient (Wildman–Crippen LogP) is 3.08. The maximum Gasteiger partial charge on any atom is 0.261 e. The number of aromatic nitrogens is 1. The number of benzene rings is 1. The Labute approximate surface area is 108 Å². The Kier molecular flexibility index (Phi) is 3.59. The summed E-state index contributed by atoms with van der Waals surface area (Å²) in [5.41, 5.74) is 0.692. The van der Waals surface area contributed by atoms with Crippen molar-refractivity contribution >= 4 is 11.6 Å². The number of hydrogen-bond acceptors (Lipinski definition) is 3. The molecule has 1 aromatic heterocycles. The van der Waals surface area contributed by atoms with Crippen LogP contribution >= 0.6 is 0 Å². The fraction of sp³-hybridized carbons (Fsp3) is 0.231. The molecule has 1 N–H and O–H groups in total. The van der Waals surface area contributed by atoms with Crippen LogP contribution in [-0.4, -0.2) is 11.1 Å². The highest BCUT2D eigenvalue weighted by molar-refractivity contribution is 6.05. The lowest BCUT2D eigenvalue weighted by Gasteiger charge is -2.06. The fourth-order valence-corrected chi connectivity index (χ4v) is 1.73. The van der Waals surface area contributed by atoms with Gasteiger partial charge in [0.2, 0.25) is 0 Å². The second-order valence-corrected chi connectivity index (χ2v) is 3.99. The van der Waals surface area contributed by atoms with Gasteiger partial charge in [0.25, 0.3) is 5.91 Å². The summed E-state index contributed by atoms with van der Waals surface area (Å²) in [5, 5.41) is 6.12. The van der Waals surface area contributed by atoms with Crippen molar-refractivity contribution < 1.29 is 18.1 Å². The Morgan fingerprint density at radius 1 is 1.42 bits per heavy atom. The normalized spacial score (nSPS) is 10.5. The molecule has 100 valence electrons. The quantitative estimate of drug-likeness (QED) is 0.928. The number of rotatable bonds is 3. The first-order valence-corrected chi connectivity index (χ1v) is 5.74. The van der Waals surface area contributed by atoms with Gasteiger partial charge in [0.05, 0.1) is 11.4 Å². The second-order valence-electron chi connectivity index (χ2n) is 3.99. The summed E-state index contributed by atoms with van der Waals surface area (Å²) in [7, 11) is 0. The van der Waals surface area contributed by atoms with Crippen LogP contribution in [0.3, 0.4) is 0 Å². The molecule has 0 aliphatic heterocycles. The topological polar surface area (TPSA) is 55.1 Å². The third kappa shape index (κ3) is 2.62. The molecule has 0 fully saturated rings. The van der Waals surface area contributed by atoms with Gasteiger partial charge in [0.15, 0.2) is 0 Å². The van der Waals surface area contributed by atoms with Crippen LogP contribution < -0.4 is 5.32 Å². The number of halogens is 2. The number of aryl methyl sites for hydroxylation is 2. The van der Waals surface area contributed by atoms with E-state index in [1.807, 2.05) is 6.92 Å². The molecule has 0 spiro atoms. The van der Waals surface area contributed by atoms with Crippen molar-refractivity contribution in [3.63, 3.8) is 0 Å². The lowest BCUT2D eigenvalue weighted by Crippen LogP contribution is -2.15. The number of carbonyl (C=O) groups is 1. The molecule has 1 aromatic carbocycles. The van der Waals surface area contributed by atoms with Gasteiger partial charge in [-0.1, -0.05) is 12.1 Å². The van der Waals surface area contributed by atoms with Crippen molar-refractivity contribution in [3.05, 3.63) is 46.9 Å². The van der Waals surface area contributed by atoms with Gasteiger partial charge >= 0.3 is 0 Å². The van der Waals surface area contributed by atoms with Crippen molar-refractivity contribution in [2.24, 2.45) is 0 Å². The van der Waals surface area contributed by atoms with Crippen LogP contribution in [0.2, 0.25) is 0 Å². The molecule has 0 saturated heterocycles. The lowest BCUT2D eigenvalue weighted by atomic mass is 10.1. The zero-order valence-corrected chi connectivity index (χ0v) is 10.5. The maximum absolute atomic E-state index is 13.4. The van der Waals surface area contributed by atoms with E-state index in [-0.39, 0.29) is 11.3 Å². The Morgan fingerprint density at radius 3 is 2.79 bits per heavy atom. The molecule has 0 atom stereocenters. The van der Waals surface area contributed by atoms with E-state index in [9.17, 15) is 13.6 Å². The Bertz CT molecular complexity index is 623. The summed E-state index contributed by atoms with van der Waals surface area (Å²) in [5.74, 6) is -1.70. The van der Waals surface area contributed by atoms with Gasteiger partial charge in [-0.25, -0.2) is 8.78 Å². The first-order valence-electron chi connectivity index (χ1n) is 5.74. The standard InChI is InChI=1S/C13H12F2N2O2/c1-3-10-12(7(2)19-17-10)13(18)16-11-5-4-8(14)6-9(11)15/h4-6H,3H2,1-2H3,(H,16,18). The molecule has 1 amide bonds. The van der Waals surface area contributed by atoms with Gasteiger partial charge in [-0.2, -0.15) is 0 Å². The van der Waals surface area contributed by atoms with Gasteiger partial charge in [0, 0.05) is 6.07 Å². The monoisotopic (exact) mass is 266 g/mol. The number of nitrogens with zero attached hydrogens (tertiary/aromatic N) is 1. The summed E-state index contributed by atoms with van der Waals surface area (Å²) in [6.45, 7) is 3.43. The zero-order valence-electron chi connectivity index (χ0n) is 10.5.